The number of halogens is 1. The summed E-state index contributed by atoms with van der Waals surface area (Å²) < 4.78 is 5.54. The Kier molecular flexibility index (Phi) is 7.15. The van der Waals surface area contributed by atoms with Crippen molar-refractivity contribution >= 4 is 24.0 Å². The highest BCUT2D eigenvalue weighted by Crippen LogP contribution is 2.27. The Labute approximate surface area is 149 Å². The highest BCUT2D eigenvalue weighted by atomic mass is 35.5. The molecule has 0 radical (unpaired) electrons. The number of carbonyl (C=O) groups is 1. The number of piperazine rings is 1. The van der Waals surface area contributed by atoms with Crippen molar-refractivity contribution in [1.29, 1.82) is 0 Å². The lowest BCUT2D eigenvalue weighted by Gasteiger charge is -2.36. The van der Waals surface area contributed by atoms with Crippen molar-refractivity contribution < 1.29 is 14.6 Å². The van der Waals surface area contributed by atoms with Crippen LogP contribution in [-0.4, -0.2) is 67.9 Å². The fourth-order valence-corrected chi connectivity index (χ4v) is 3.19. The predicted molar refractivity (Wildman–Crippen MR) is 96.0 cm³/mol. The average molecular weight is 356 g/mol. The van der Waals surface area contributed by atoms with Crippen LogP contribution in [0, 0.1) is 0 Å². The predicted octanol–water partition coefficient (Wildman–Crippen LogP) is 1.23. The number of nitrogens with zero attached hydrogens (tertiary/aromatic N) is 2. The molecule has 7 heteroatoms. The van der Waals surface area contributed by atoms with Gasteiger partial charge in [0.15, 0.2) is 0 Å². The van der Waals surface area contributed by atoms with E-state index in [4.69, 9.17) is 4.74 Å². The Balaban J connectivity index is 0.00000208. The van der Waals surface area contributed by atoms with E-state index in [9.17, 15) is 9.90 Å². The zero-order chi connectivity index (χ0) is 16.1. The first kappa shape index (κ1) is 18.8. The molecule has 0 spiro atoms. The van der Waals surface area contributed by atoms with Crippen LogP contribution in [0.25, 0.3) is 0 Å². The number of benzene rings is 1. The molecule has 2 aliphatic rings. The summed E-state index contributed by atoms with van der Waals surface area (Å²) in [6.45, 7) is 4.84. The number of ether oxygens (including phenoxy) is 1. The highest BCUT2D eigenvalue weighted by Gasteiger charge is 2.22. The molecule has 0 aromatic heterocycles. The van der Waals surface area contributed by atoms with Crippen molar-refractivity contribution in [3.8, 4) is 5.75 Å². The molecule has 2 saturated heterocycles. The molecule has 1 aromatic carbocycles. The second-order valence-corrected chi connectivity index (χ2v) is 6.12. The third-order valence-electron chi connectivity index (χ3n) is 4.53. The van der Waals surface area contributed by atoms with Crippen LogP contribution in [0.4, 0.5) is 5.69 Å². The molecule has 0 saturated carbocycles. The van der Waals surface area contributed by atoms with Crippen LogP contribution < -0.4 is 10.2 Å². The van der Waals surface area contributed by atoms with E-state index in [1.54, 1.807) is 6.07 Å². The van der Waals surface area contributed by atoms with Crippen LogP contribution >= 0.6 is 12.4 Å². The molecule has 2 fully saturated rings. The Hall–Kier alpha value is -1.50. The van der Waals surface area contributed by atoms with Gasteiger partial charge >= 0.3 is 0 Å². The van der Waals surface area contributed by atoms with Crippen LogP contribution in [0.15, 0.2) is 24.3 Å². The van der Waals surface area contributed by atoms with E-state index in [0.29, 0.717) is 25.4 Å². The monoisotopic (exact) mass is 355 g/mol. The number of hydrogen-bond acceptors (Lipinski definition) is 5. The summed E-state index contributed by atoms with van der Waals surface area (Å²) in [5.41, 5.74) is 0.844. The van der Waals surface area contributed by atoms with E-state index in [-0.39, 0.29) is 24.4 Å². The van der Waals surface area contributed by atoms with Crippen LogP contribution in [0.5, 0.6) is 5.75 Å². The van der Waals surface area contributed by atoms with Crippen molar-refractivity contribution in [2.45, 2.75) is 18.9 Å². The number of nitrogens with one attached hydrogen (secondary N) is 1. The Bertz CT molecular complexity index is 530. The molecule has 0 bridgehead atoms. The number of anilines is 1. The molecule has 24 heavy (non-hydrogen) atoms. The minimum atomic E-state index is 0. The SMILES string of the molecule is Cl.O=C(CNCC1CCCO1)N1CCN(c2ccccc2O)CC1. The summed E-state index contributed by atoms with van der Waals surface area (Å²) >= 11 is 0. The number of phenols is 1. The number of carbonyl (C=O) groups excluding carboxylic acids is 1. The molecule has 6 nitrogen and oxygen atoms in total. The maximum absolute atomic E-state index is 12.2. The molecule has 2 N–H and O–H groups in total. The van der Waals surface area contributed by atoms with Gasteiger partial charge in [-0.25, -0.2) is 0 Å². The zero-order valence-electron chi connectivity index (χ0n) is 13.8. The molecule has 1 atom stereocenters. The number of hydrogen-bond donors (Lipinski definition) is 2. The van der Waals surface area contributed by atoms with Gasteiger partial charge in [-0.2, -0.15) is 0 Å². The lowest BCUT2D eigenvalue weighted by molar-refractivity contribution is -0.130. The summed E-state index contributed by atoms with van der Waals surface area (Å²) in [5.74, 6) is 0.436. The number of para-hydroxylation sites is 2. The van der Waals surface area contributed by atoms with Gasteiger partial charge in [0.1, 0.15) is 5.75 Å². The quantitative estimate of drug-likeness (QED) is 0.831. The minimum absolute atomic E-state index is 0. The second-order valence-electron chi connectivity index (χ2n) is 6.12. The average Bonchev–Trinajstić information content (AvgIpc) is 3.09. The fourth-order valence-electron chi connectivity index (χ4n) is 3.19. The van der Waals surface area contributed by atoms with Crippen molar-refractivity contribution in [3.63, 3.8) is 0 Å². The standard InChI is InChI=1S/C17H25N3O3.ClH/c21-16-6-2-1-5-15(16)19-7-9-20(10-8-19)17(22)13-18-12-14-4-3-11-23-14;/h1-2,5-6,14,18,21H,3-4,7-13H2;1H. The van der Waals surface area contributed by atoms with Crippen molar-refractivity contribution in [1.82, 2.24) is 10.2 Å². The molecular formula is C17H26ClN3O3. The first-order chi connectivity index (χ1) is 11.2. The van der Waals surface area contributed by atoms with E-state index in [2.05, 4.69) is 10.2 Å². The van der Waals surface area contributed by atoms with Crippen molar-refractivity contribution in [2.24, 2.45) is 0 Å². The topological polar surface area (TPSA) is 65.0 Å². The molecule has 134 valence electrons. The van der Waals surface area contributed by atoms with Gasteiger partial charge in [-0.15, -0.1) is 12.4 Å². The van der Waals surface area contributed by atoms with E-state index < -0.39 is 0 Å². The van der Waals surface area contributed by atoms with E-state index in [1.165, 1.54) is 0 Å². The zero-order valence-corrected chi connectivity index (χ0v) is 14.6. The largest absolute Gasteiger partial charge is 0.506 e. The van der Waals surface area contributed by atoms with Gasteiger partial charge in [0.05, 0.1) is 18.3 Å². The van der Waals surface area contributed by atoms with Gasteiger partial charge in [0.2, 0.25) is 5.91 Å². The first-order valence-electron chi connectivity index (χ1n) is 8.37. The normalized spacial score (nSPS) is 20.8. The third-order valence-corrected chi connectivity index (χ3v) is 4.53. The molecule has 1 unspecified atom stereocenters. The fraction of sp³-hybridized carbons (Fsp3) is 0.588. The summed E-state index contributed by atoms with van der Waals surface area (Å²) in [6.07, 6.45) is 2.47. The van der Waals surface area contributed by atoms with Gasteiger partial charge in [0, 0.05) is 39.3 Å². The molecule has 1 aromatic rings. The minimum Gasteiger partial charge on any atom is -0.506 e. The van der Waals surface area contributed by atoms with Gasteiger partial charge < -0.3 is 25.0 Å². The van der Waals surface area contributed by atoms with Gasteiger partial charge in [-0.1, -0.05) is 12.1 Å². The Morgan fingerprint density at radius 3 is 2.67 bits per heavy atom. The maximum atomic E-state index is 12.2. The lowest BCUT2D eigenvalue weighted by atomic mass is 10.2. The van der Waals surface area contributed by atoms with Crippen molar-refractivity contribution in [2.75, 3.05) is 50.8 Å². The molecule has 0 aliphatic carbocycles. The second kappa shape index (κ2) is 9.11. The van der Waals surface area contributed by atoms with Crippen molar-refractivity contribution in [3.05, 3.63) is 24.3 Å². The highest BCUT2D eigenvalue weighted by molar-refractivity contribution is 5.85. The maximum Gasteiger partial charge on any atom is 0.236 e. The molecular weight excluding hydrogens is 330 g/mol. The summed E-state index contributed by atoms with van der Waals surface area (Å²) in [6, 6.07) is 7.35. The van der Waals surface area contributed by atoms with E-state index in [1.807, 2.05) is 23.1 Å². The van der Waals surface area contributed by atoms with Crippen LogP contribution in [-0.2, 0) is 9.53 Å². The molecule has 2 heterocycles. The van der Waals surface area contributed by atoms with Gasteiger partial charge in [-0.3, -0.25) is 4.79 Å². The summed E-state index contributed by atoms with van der Waals surface area (Å²) in [7, 11) is 0. The van der Waals surface area contributed by atoms with E-state index in [0.717, 1.165) is 44.8 Å². The number of phenolic OH excluding ortho intramolecular Hbond substituents is 1. The first-order valence-corrected chi connectivity index (χ1v) is 8.37. The number of rotatable bonds is 5. The molecule has 1 amide bonds. The molecule has 2 aliphatic heterocycles. The Morgan fingerprint density at radius 2 is 2.00 bits per heavy atom. The number of aromatic hydroxyl groups is 1. The smallest absolute Gasteiger partial charge is 0.236 e. The third kappa shape index (κ3) is 4.75. The van der Waals surface area contributed by atoms with E-state index >= 15 is 0 Å². The van der Waals surface area contributed by atoms with Crippen LogP contribution in [0.1, 0.15) is 12.8 Å². The summed E-state index contributed by atoms with van der Waals surface area (Å²) in [5, 5.41) is 13.1. The van der Waals surface area contributed by atoms with Crippen LogP contribution in [0.3, 0.4) is 0 Å². The Morgan fingerprint density at radius 1 is 1.25 bits per heavy atom. The van der Waals surface area contributed by atoms with Crippen LogP contribution in [0.2, 0.25) is 0 Å². The molecule has 3 rings (SSSR count). The number of amides is 1. The van der Waals surface area contributed by atoms with Gasteiger partial charge in [0.25, 0.3) is 0 Å². The van der Waals surface area contributed by atoms with Gasteiger partial charge in [-0.05, 0) is 25.0 Å². The lowest BCUT2D eigenvalue weighted by Crippen LogP contribution is -2.51. The summed E-state index contributed by atoms with van der Waals surface area (Å²) in [4.78, 5) is 16.2.